The predicted octanol–water partition coefficient (Wildman–Crippen LogP) is 11.3. The van der Waals surface area contributed by atoms with Gasteiger partial charge in [0.05, 0.1) is 5.70 Å². The van der Waals surface area contributed by atoms with E-state index in [0.29, 0.717) is 24.3 Å². The van der Waals surface area contributed by atoms with Crippen molar-refractivity contribution in [2.24, 2.45) is 0 Å². The van der Waals surface area contributed by atoms with Gasteiger partial charge in [-0.05, 0) is 167 Å². The first kappa shape index (κ1) is 36.6. The first-order valence-electron chi connectivity index (χ1n) is 19.3. The fraction of sp³-hybridized carbons (Fsp3) is 0.447. The second-order valence-electron chi connectivity index (χ2n) is 15.7. The first-order valence-corrected chi connectivity index (χ1v) is 19.3. The van der Waals surface area contributed by atoms with Crippen LogP contribution in [0.5, 0.6) is 5.75 Å². The van der Waals surface area contributed by atoms with Crippen molar-refractivity contribution in [1.82, 2.24) is 14.7 Å². The molecule has 4 heteroatoms. The second kappa shape index (κ2) is 15.2. The third-order valence-corrected chi connectivity index (χ3v) is 12.4. The van der Waals surface area contributed by atoms with E-state index in [1.165, 1.54) is 85.6 Å². The fourth-order valence-electron chi connectivity index (χ4n) is 8.58. The summed E-state index contributed by atoms with van der Waals surface area (Å²) in [5.41, 5.74) is 19.0. The zero-order chi connectivity index (χ0) is 36.6. The van der Waals surface area contributed by atoms with Gasteiger partial charge in [-0.3, -0.25) is 0 Å². The topological polar surface area (TPSA) is 30.0 Å². The number of aromatic hydroxyl groups is 1. The minimum absolute atomic E-state index is 0.317. The average Bonchev–Trinajstić information content (AvgIpc) is 3.89. The van der Waals surface area contributed by atoms with E-state index in [1.807, 2.05) is 0 Å². The predicted molar refractivity (Wildman–Crippen MR) is 217 cm³/mol. The van der Waals surface area contributed by atoms with E-state index in [0.717, 1.165) is 49.7 Å². The highest BCUT2D eigenvalue weighted by Crippen LogP contribution is 2.55. The molecule has 3 aliphatic carbocycles. The van der Waals surface area contributed by atoms with Gasteiger partial charge in [-0.1, -0.05) is 59.8 Å². The van der Waals surface area contributed by atoms with Gasteiger partial charge in [0, 0.05) is 45.5 Å². The third kappa shape index (κ3) is 7.16. The van der Waals surface area contributed by atoms with Crippen LogP contribution in [0.25, 0.3) is 11.1 Å². The maximum absolute atomic E-state index is 12.1. The van der Waals surface area contributed by atoms with Crippen LogP contribution in [0.3, 0.4) is 0 Å². The van der Waals surface area contributed by atoms with Gasteiger partial charge < -0.3 is 19.8 Å². The summed E-state index contributed by atoms with van der Waals surface area (Å²) in [5, 5.41) is 12.1. The highest BCUT2D eigenvalue weighted by molar-refractivity contribution is 5.88. The van der Waals surface area contributed by atoms with E-state index < -0.39 is 0 Å². The van der Waals surface area contributed by atoms with Crippen molar-refractivity contribution in [2.45, 2.75) is 118 Å². The van der Waals surface area contributed by atoms with Crippen LogP contribution in [0.1, 0.15) is 115 Å². The fourth-order valence-corrected chi connectivity index (χ4v) is 8.58. The number of nitrogens with zero attached hydrogens (tertiary/aromatic N) is 3. The van der Waals surface area contributed by atoms with E-state index in [-0.39, 0.29) is 0 Å². The SMILES string of the molecule is C\C=C/C=C\C(=C\CC1=CC=CCC1)CCC(C)N(C)/C(=C1\C=CN1C)N(C)Cc1c(O)c(C)c2c(c1C1CC1)Cc1c(C)c(C)c(C)c(C)c1-2. The molecule has 1 N–H and O–H groups in total. The van der Waals surface area contributed by atoms with Gasteiger partial charge in [0.1, 0.15) is 11.6 Å². The molecule has 0 aromatic heterocycles. The van der Waals surface area contributed by atoms with Crippen LogP contribution in [-0.4, -0.2) is 47.0 Å². The van der Waals surface area contributed by atoms with Crippen LogP contribution in [0.2, 0.25) is 0 Å². The maximum Gasteiger partial charge on any atom is 0.128 e. The van der Waals surface area contributed by atoms with Crippen LogP contribution in [0.4, 0.5) is 0 Å². The monoisotopic (exact) mass is 683 g/mol. The molecular weight excluding hydrogens is 623 g/mol. The summed E-state index contributed by atoms with van der Waals surface area (Å²) in [7, 11) is 6.61. The van der Waals surface area contributed by atoms with Crippen LogP contribution < -0.4 is 0 Å². The lowest BCUT2D eigenvalue weighted by molar-refractivity contribution is 0.199. The number of phenols is 1. The quantitative estimate of drug-likeness (QED) is 0.182. The second-order valence-corrected chi connectivity index (χ2v) is 15.7. The number of fused-ring (bicyclic) bond motifs is 3. The molecule has 6 rings (SSSR count). The molecule has 0 radical (unpaired) electrons. The molecule has 2 aromatic carbocycles. The van der Waals surface area contributed by atoms with Crippen molar-refractivity contribution < 1.29 is 5.11 Å². The Balaban J connectivity index is 1.29. The average molecular weight is 684 g/mol. The molecule has 1 saturated carbocycles. The van der Waals surface area contributed by atoms with Crippen molar-refractivity contribution in [3.63, 3.8) is 0 Å². The number of benzene rings is 2. The molecular formula is C47H61N3O. The van der Waals surface area contributed by atoms with Gasteiger partial charge >= 0.3 is 0 Å². The zero-order valence-corrected chi connectivity index (χ0v) is 33.1. The summed E-state index contributed by atoms with van der Waals surface area (Å²) >= 11 is 0. The normalized spacial score (nSPS) is 18.4. The summed E-state index contributed by atoms with van der Waals surface area (Å²) in [4.78, 5) is 7.10. The first-order chi connectivity index (χ1) is 24.4. The molecule has 51 heavy (non-hydrogen) atoms. The zero-order valence-electron chi connectivity index (χ0n) is 33.1. The van der Waals surface area contributed by atoms with Gasteiger partial charge in [0.25, 0.3) is 0 Å². The molecule has 270 valence electrons. The van der Waals surface area contributed by atoms with E-state index in [1.54, 1.807) is 0 Å². The van der Waals surface area contributed by atoms with Crippen LogP contribution in [0, 0.1) is 34.6 Å². The van der Waals surface area contributed by atoms with Gasteiger partial charge in [-0.15, -0.1) is 0 Å². The number of phenolic OH excluding ortho intramolecular Hbond substituents is 1. The number of hydrogen-bond donors (Lipinski definition) is 1. The smallest absolute Gasteiger partial charge is 0.128 e. The summed E-state index contributed by atoms with van der Waals surface area (Å²) in [5.74, 6) is 2.24. The van der Waals surface area contributed by atoms with E-state index in [9.17, 15) is 5.11 Å². The van der Waals surface area contributed by atoms with Crippen molar-refractivity contribution in [2.75, 3.05) is 21.1 Å². The molecule has 0 spiro atoms. The van der Waals surface area contributed by atoms with Gasteiger partial charge in [0.2, 0.25) is 0 Å². The lowest BCUT2D eigenvalue weighted by atomic mass is 9.86. The van der Waals surface area contributed by atoms with Crippen LogP contribution in [0.15, 0.2) is 83.5 Å². The van der Waals surface area contributed by atoms with Gasteiger partial charge in [-0.2, -0.15) is 0 Å². The highest BCUT2D eigenvalue weighted by Gasteiger charge is 2.38. The van der Waals surface area contributed by atoms with E-state index >= 15 is 0 Å². The van der Waals surface area contributed by atoms with E-state index in [2.05, 4.69) is 145 Å². The number of allylic oxidation sites excluding steroid dienone is 11. The molecule has 0 amide bonds. The summed E-state index contributed by atoms with van der Waals surface area (Å²) in [6, 6.07) is 0.317. The maximum atomic E-state index is 12.1. The van der Waals surface area contributed by atoms with Crippen LogP contribution >= 0.6 is 0 Å². The minimum atomic E-state index is 0.317. The Bertz CT molecular complexity index is 1910. The summed E-state index contributed by atoms with van der Waals surface area (Å²) in [6.07, 6.45) is 31.1. The largest absolute Gasteiger partial charge is 0.507 e. The standard InChI is InChI=1S/C47H61N3O/c1-11-12-14-17-37(23-22-36-18-15-13-16-19-36)21-20-30(2)50(10)47(42-26-27-48(42)8)49(9)29-41-45(38-24-25-38)40-28-39-33(5)31(3)32(4)34(6)43(39)44(40)35(7)46(41)51/h11-15,17-18,23,26-27,30,38,51H,16,19-22,24-25,28-29H2,1-10H3/b12-11-,17-14-,37-23-,47-42+. The lowest BCUT2D eigenvalue weighted by Gasteiger charge is -2.40. The lowest BCUT2D eigenvalue weighted by Crippen LogP contribution is -2.40. The Kier molecular flexibility index (Phi) is 10.9. The van der Waals surface area contributed by atoms with Crippen molar-refractivity contribution in [3.05, 3.63) is 134 Å². The summed E-state index contributed by atoms with van der Waals surface area (Å²) in [6.45, 7) is 16.4. The van der Waals surface area contributed by atoms with Crippen molar-refractivity contribution >= 4 is 0 Å². The molecule has 0 bridgehead atoms. The van der Waals surface area contributed by atoms with Crippen LogP contribution in [-0.2, 0) is 13.0 Å². The van der Waals surface area contributed by atoms with Crippen molar-refractivity contribution in [1.29, 1.82) is 0 Å². The highest BCUT2D eigenvalue weighted by atomic mass is 16.3. The molecule has 1 unspecified atom stereocenters. The molecule has 2 aromatic rings. The Morgan fingerprint density at radius 2 is 1.71 bits per heavy atom. The van der Waals surface area contributed by atoms with Crippen molar-refractivity contribution in [3.8, 4) is 16.9 Å². The Hall–Kier alpha value is -4.18. The summed E-state index contributed by atoms with van der Waals surface area (Å²) < 4.78 is 0. The molecule has 0 saturated heterocycles. The Labute approximate surface area is 308 Å². The minimum Gasteiger partial charge on any atom is -0.507 e. The molecule has 4 nitrogen and oxygen atoms in total. The number of rotatable bonds is 13. The number of likely N-dealkylation sites (N-methyl/N-ethyl adjacent to an activating group) is 1. The Morgan fingerprint density at radius 1 is 0.980 bits per heavy atom. The van der Waals surface area contributed by atoms with Gasteiger partial charge in [-0.25, -0.2) is 0 Å². The third-order valence-electron chi connectivity index (χ3n) is 12.4. The number of hydrogen-bond acceptors (Lipinski definition) is 4. The Morgan fingerprint density at radius 3 is 2.33 bits per heavy atom. The molecule has 1 aliphatic heterocycles. The molecule has 1 heterocycles. The molecule has 1 atom stereocenters. The molecule has 4 aliphatic rings. The van der Waals surface area contributed by atoms with E-state index in [4.69, 9.17) is 0 Å². The molecule has 1 fully saturated rings. The van der Waals surface area contributed by atoms with Gasteiger partial charge in [0.15, 0.2) is 0 Å².